The SMILES string of the molecule is C=CCOc1ccc(NC(=O)c2ccc(C)cc2)c(-c2nnc(-c3ccccc3)o2)c1. The summed E-state index contributed by atoms with van der Waals surface area (Å²) in [6.45, 7) is 6.00. The largest absolute Gasteiger partial charge is 0.490 e. The molecule has 1 heterocycles. The highest BCUT2D eigenvalue weighted by molar-refractivity contribution is 6.06. The molecule has 0 saturated heterocycles. The Bertz CT molecular complexity index is 1200. The third kappa shape index (κ3) is 4.70. The monoisotopic (exact) mass is 411 g/mol. The maximum Gasteiger partial charge on any atom is 0.255 e. The Balaban J connectivity index is 1.69. The number of carbonyl (C=O) groups excluding carboxylic acids is 1. The summed E-state index contributed by atoms with van der Waals surface area (Å²) >= 11 is 0. The number of amides is 1. The first-order chi connectivity index (χ1) is 15.1. The number of nitrogens with zero attached hydrogens (tertiary/aromatic N) is 2. The quantitative estimate of drug-likeness (QED) is 0.405. The molecule has 4 aromatic rings. The first kappa shape index (κ1) is 20.1. The minimum absolute atomic E-state index is 0.233. The van der Waals surface area contributed by atoms with Gasteiger partial charge in [0.2, 0.25) is 11.8 Å². The Morgan fingerprint density at radius 3 is 2.52 bits per heavy atom. The van der Waals surface area contributed by atoms with Gasteiger partial charge in [-0.3, -0.25) is 4.79 Å². The number of nitrogens with one attached hydrogen (secondary N) is 1. The Hall–Kier alpha value is -4.19. The summed E-state index contributed by atoms with van der Waals surface area (Å²) in [5.41, 5.74) is 3.56. The highest BCUT2D eigenvalue weighted by Gasteiger charge is 2.17. The predicted molar refractivity (Wildman–Crippen MR) is 120 cm³/mol. The molecule has 1 aromatic heterocycles. The lowest BCUT2D eigenvalue weighted by Gasteiger charge is -2.11. The van der Waals surface area contributed by atoms with E-state index in [2.05, 4.69) is 22.1 Å². The lowest BCUT2D eigenvalue weighted by Crippen LogP contribution is -2.12. The Morgan fingerprint density at radius 2 is 1.77 bits per heavy atom. The van der Waals surface area contributed by atoms with Crippen molar-refractivity contribution in [3.63, 3.8) is 0 Å². The molecule has 0 fully saturated rings. The van der Waals surface area contributed by atoms with Crippen LogP contribution in [0.1, 0.15) is 15.9 Å². The van der Waals surface area contributed by atoms with Crippen LogP contribution < -0.4 is 10.1 Å². The van der Waals surface area contributed by atoms with E-state index in [0.29, 0.717) is 35.1 Å². The molecule has 0 radical (unpaired) electrons. The minimum Gasteiger partial charge on any atom is -0.490 e. The fourth-order valence-corrected chi connectivity index (χ4v) is 2.98. The fourth-order valence-electron chi connectivity index (χ4n) is 2.98. The van der Waals surface area contributed by atoms with E-state index in [-0.39, 0.29) is 11.8 Å². The first-order valence-electron chi connectivity index (χ1n) is 9.79. The van der Waals surface area contributed by atoms with Crippen molar-refractivity contribution in [2.75, 3.05) is 11.9 Å². The number of rotatable bonds is 7. The first-order valence-corrected chi connectivity index (χ1v) is 9.79. The number of ether oxygens (including phenoxy) is 1. The van der Waals surface area contributed by atoms with Crippen LogP contribution in [-0.4, -0.2) is 22.7 Å². The summed E-state index contributed by atoms with van der Waals surface area (Å²) < 4.78 is 11.6. The van der Waals surface area contributed by atoms with E-state index in [0.717, 1.165) is 11.1 Å². The molecule has 0 saturated carbocycles. The molecule has 1 amide bonds. The molecule has 154 valence electrons. The van der Waals surface area contributed by atoms with E-state index in [1.165, 1.54) is 0 Å². The highest BCUT2D eigenvalue weighted by atomic mass is 16.5. The molecule has 0 aliphatic rings. The van der Waals surface area contributed by atoms with E-state index in [4.69, 9.17) is 9.15 Å². The number of aromatic nitrogens is 2. The average molecular weight is 411 g/mol. The van der Waals surface area contributed by atoms with Gasteiger partial charge >= 0.3 is 0 Å². The van der Waals surface area contributed by atoms with E-state index >= 15 is 0 Å². The summed E-state index contributed by atoms with van der Waals surface area (Å²) in [5.74, 6) is 1.04. The maximum absolute atomic E-state index is 12.8. The van der Waals surface area contributed by atoms with E-state index in [9.17, 15) is 4.79 Å². The summed E-state index contributed by atoms with van der Waals surface area (Å²) in [6.07, 6.45) is 1.66. The normalized spacial score (nSPS) is 10.5. The standard InChI is InChI=1S/C25H21N3O3/c1-3-15-30-20-13-14-22(26-23(29)18-11-9-17(2)10-12-18)21(16-20)25-28-27-24(31-25)19-7-5-4-6-8-19/h3-14,16H,1,15H2,2H3,(H,26,29). The lowest BCUT2D eigenvalue weighted by atomic mass is 10.1. The molecule has 31 heavy (non-hydrogen) atoms. The van der Waals surface area contributed by atoms with Crippen molar-refractivity contribution in [3.05, 3.63) is 96.6 Å². The number of carbonyl (C=O) groups is 1. The molecule has 0 aliphatic carbocycles. The number of benzene rings is 3. The van der Waals surface area contributed by atoms with Crippen LogP contribution in [0.3, 0.4) is 0 Å². The summed E-state index contributed by atoms with van der Waals surface area (Å²) in [7, 11) is 0. The van der Waals surface area contributed by atoms with Crippen LogP contribution >= 0.6 is 0 Å². The van der Waals surface area contributed by atoms with Crippen molar-refractivity contribution in [1.29, 1.82) is 0 Å². The number of hydrogen-bond donors (Lipinski definition) is 1. The van der Waals surface area contributed by atoms with Gasteiger partial charge in [-0.05, 0) is 49.4 Å². The second-order valence-electron chi connectivity index (χ2n) is 6.91. The summed E-state index contributed by atoms with van der Waals surface area (Å²) in [5, 5.41) is 11.3. The van der Waals surface area contributed by atoms with Crippen LogP contribution in [0.2, 0.25) is 0 Å². The summed E-state index contributed by atoms with van der Waals surface area (Å²) in [4.78, 5) is 12.8. The second kappa shape index (κ2) is 9.09. The topological polar surface area (TPSA) is 77.2 Å². The molecule has 0 spiro atoms. The zero-order chi connectivity index (χ0) is 21.6. The van der Waals surface area contributed by atoms with Crippen LogP contribution in [0, 0.1) is 6.92 Å². The van der Waals surface area contributed by atoms with Gasteiger partial charge in [-0.2, -0.15) is 0 Å². The molecule has 0 unspecified atom stereocenters. The Kier molecular flexibility index (Phi) is 5.89. The van der Waals surface area contributed by atoms with Crippen molar-refractivity contribution >= 4 is 11.6 Å². The van der Waals surface area contributed by atoms with Crippen molar-refractivity contribution in [3.8, 4) is 28.7 Å². The Labute approximate surface area is 180 Å². The van der Waals surface area contributed by atoms with Gasteiger partial charge in [-0.25, -0.2) is 0 Å². The molecule has 6 nitrogen and oxygen atoms in total. The van der Waals surface area contributed by atoms with Crippen molar-refractivity contribution < 1.29 is 13.9 Å². The molecular formula is C25H21N3O3. The number of aryl methyl sites for hydroxylation is 1. The van der Waals surface area contributed by atoms with Gasteiger partial charge in [0.25, 0.3) is 5.91 Å². The van der Waals surface area contributed by atoms with Crippen molar-refractivity contribution in [2.24, 2.45) is 0 Å². The number of anilines is 1. The predicted octanol–water partition coefficient (Wildman–Crippen LogP) is 5.53. The molecule has 4 rings (SSSR count). The molecule has 3 aromatic carbocycles. The van der Waals surface area contributed by atoms with Gasteiger partial charge in [0.05, 0.1) is 11.3 Å². The fraction of sp³-hybridized carbons (Fsp3) is 0.0800. The average Bonchev–Trinajstić information content (AvgIpc) is 3.29. The van der Waals surface area contributed by atoms with Gasteiger partial charge in [-0.15, -0.1) is 10.2 Å². The van der Waals surface area contributed by atoms with Gasteiger partial charge in [-0.1, -0.05) is 48.6 Å². The van der Waals surface area contributed by atoms with Gasteiger partial charge in [0.15, 0.2) is 0 Å². The van der Waals surface area contributed by atoms with Gasteiger partial charge in [0, 0.05) is 11.1 Å². The lowest BCUT2D eigenvalue weighted by molar-refractivity contribution is 0.102. The van der Waals surface area contributed by atoms with E-state index in [1.54, 1.807) is 36.4 Å². The maximum atomic E-state index is 12.8. The second-order valence-corrected chi connectivity index (χ2v) is 6.91. The van der Waals surface area contributed by atoms with Crippen LogP contribution in [0.15, 0.2) is 89.9 Å². The molecule has 1 N–H and O–H groups in total. The molecule has 0 atom stereocenters. The third-order valence-electron chi connectivity index (χ3n) is 4.60. The number of hydrogen-bond acceptors (Lipinski definition) is 5. The molecule has 6 heteroatoms. The van der Waals surface area contributed by atoms with Crippen LogP contribution in [0.25, 0.3) is 22.9 Å². The third-order valence-corrected chi connectivity index (χ3v) is 4.60. The van der Waals surface area contributed by atoms with Gasteiger partial charge < -0.3 is 14.5 Å². The molecule has 0 bridgehead atoms. The highest BCUT2D eigenvalue weighted by Crippen LogP contribution is 2.33. The van der Waals surface area contributed by atoms with Crippen molar-refractivity contribution in [1.82, 2.24) is 10.2 Å². The smallest absolute Gasteiger partial charge is 0.255 e. The van der Waals surface area contributed by atoms with E-state index < -0.39 is 0 Å². The van der Waals surface area contributed by atoms with Crippen molar-refractivity contribution in [2.45, 2.75) is 6.92 Å². The zero-order valence-electron chi connectivity index (χ0n) is 17.0. The van der Waals surface area contributed by atoms with Crippen LogP contribution in [-0.2, 0) is 0 Å². The van der Waals surface area contributed by atoms with Crippen LogP contribution in [0.5, 0.6) is 5.75 Å². The minimum atomic E-state index is -0.233. The van der Waals surface area contributed by atoms with Gasteiger partial charge in [0.1, 0.15) is 12.4 Å². The van der Waals surface area contributed by atoms with Crippen LogP contribution in [0.4, 0.5) is 5.69 Å². The zero-order valence-corrected chi connectivity index (χ0v) is 17.0. The van der Waals surface area contributed by atoms with E-state index in [1.807, 2.05) is 49.4 Å². The Morgan fingerprint density at radius 1 is 1.03 bits per heavy atom. The summed E-state index contributed by atoms with van der Waals surface area (Å²) in [6, 6.07) is 22.1. The molecule has 0 aliphatic heterocycles. The molecular weight excluding hydrogens is 390 g/mol.